The number of rotatable bonds is 2. The van der Waals surface area contributed by atoms with E-state index in [1.807, 2.05) is 12.1 Å². The van der Waals surface area contributed by atoms with Gasteiger partial charge in [0, 0.05) is 11.1 Å². The molecule has 1 aliphatic rings. The normalized spacial score (nSPS) is 16.5. The average molecular weight is 263 g/mol. The molecule has 1 saturated carbocycles. The van der Waals surface area contributed by atoms with Gasteiger partial charge in [0.2, 0.25) is 0 Å². The molecule has 100 valence electrons. The summed E-state index contributed by atoms with van der Waals surface area (Å²) < 4.78 is 0. The molecule has 3 aromatic rings. The van der Waals surface area contributed by atoms with E-state index in [9.17, 15) is 0 Å². The number of H-pyrrole nitrogens is 1. The summed E-state index contributed by atoms with van der Waals surface area (Å²) in [6.07, 6.45) is 2.16. The van der Waals surface area contributed by atoms with Gasteiger partial charge in [-0.25, -0.2) is 4.98 Å². The van der Waals surface area contributed by atoms with E-state index in [1.165, 1.54) is 11.1 Å². The van der Waals surface area contributed by atoms with Crippen molar-refractivity contribution < 1.29 is 0 Å². The van der Waals surface area contributed by atoms with E-state index in [4.69, 9.17) is 10.7 Å². The van der Waals surface area contributed by atoms with Gasteiger partial charge in [-0.1, -0.05) is 30.3 Å². The van der Waals surface area contributed by atoms with Gasteiger partial charge in [-0.15, -0.1) is 0 Å². The van der Waals surface area contributed by atoms with E-state index in [2.05, 4.69) is 42.2 Å². The number of aromatic nitrogens is 2. The third-order valence-electron chi connectivity index (χ3n) is 4.25. The molecule has 1 aliphatic carbocycles. The maximum absolute atomic E-state index is 6.27. The van der Waals surface area contributed by atoms with Crippen LogP contribution in [0.15, 0.2) is 42.5 Å². The standard InChI is InChI=1S/C17H17N3/c1-11-4-2-3-5-13(11)16-19-14-7-6-12(10-15(14)20-16)17(18)8-9-17/h2-7,10H,8-9,18H2,1H3,(H,19,20). The van der Waals surface area contributed by atoms with Crippen LogP contribution < -0.4 is 5.73 Å². The van der Waals surface area contributed by atoms with Gasteiger partial charge in [-0.3, -0.25) is 0 Å². The van der Waals surface area contributed by atoms with Crippen LogP contribution in [-0.4, -0.2) is 9.97 Å². The van der Waals surface area contributed by atoms with Gasteiger partial charge in [0.15, 0.2) is 0 Å². The lowest BCUT2D eigenvalue weighted by atomic mass is 10.1. The van der Waals surface area contributed by atoms with Crippen molar-refractivity contribution in [1.29, 1.82) is 0 Å². The minimum Gasteiger partial charge on any atom is -0.338 e. The van der Waals surface area contributed by atoms with Crippen molar-refractivity contribution in [3.05, 3.63) is 53.6 Å². The molecule has 1 fully saturated rings. The van der Waals surface area contributed by atoms with Gasteiger partial charge in [0.1, 0.15) is 5.82 Å². The predicted octanol–water partition coefficient (Wildman–Crippen LogP) is 3.49. The Labute approximate surface area is 117 Å². The Hall–Kier alpha value is -2.13. The summed E-state index contributed by atoms with van der Waals surface area (Å²) in [6.45, 7) is 2.10. The van der Waals surface area contributed by atoms with Crippen molar-refractivity contribution in [3.63, 3.8) is 0 Å². The molecule has 0 unspecified atom stereocenters. The minimum atomic E-state index is -0.0951. The van der Waals surface area contributed by atoms with Crippen molar-refractivity contribution in [2.24, 2.45) is 5.73 Å². The molecule has 0 spiro atoms. The number of aromatic amines is 1. The lowest BCUT2D eigenvalue weighted by Crippen LogP contribution is -2.18. The number of hydrogen-bond acceptors (Lipinski definition) is 2. The third-order valence-corrected chi connectivity index (χ3v) is 4.25. The first-order valence-corrected chi connectivity index (χ1v) is 7.01. The Balaban J connectivity index is 1.85. The van der Waals surface area contributed by atoms with Gasteiger partial charge < -0.3 is 10.7 Å². The molecule has 1 aromatic heterocycles. The highest BCUT2D eigenvalue weighted by molar-refractivity contribution is 5.81. The number of hydrogen-bond donors (Lipinski definition) is 2. The number of nitrogens with zero attached hydrogens (tertiary/aromatic N) is 1. The average Bonchev–Trinajstić information content (AvgIpc) is 3.06. The molecule has 0 bridgehead atoms. The van der Waals surface area contributed by atoms with Crippen molar-refractivity contribution >= 4 is 11.0 Å². The van der Waals surface area contributed by atoms with Crippen LogP contribution in [0.2, 0.25) is 0 Å². The molecular weight excluding hydrogens is 246 g/mol. The van der Waals surface area contributed by atoms with Gasteiger partial charge in [-0.05, 0) is 43.0 Å². The summed E-state index contributed by atoms with van der Waals surface area (Å²) in [5.74, 6) is 0.928. The number of nitrogens with two attached hydrogens (primary N) is 1. The van der Waals surface area contributed by atoms with Crippen LogP contribution >= 0.6 is 0 Å². The van der Waals surface area contributed by atoms with Gasteiger partial charge in [-0.2, -0.15) is 0 Å². The van der Waals surface area contributed by atoms with Crippen molar-refractivity contribution in [2.75, 3.05) is 0 Å². The molecule has 0 saturated heterocycles. The zero-order chi connectivity index (χ0) is 13.7. The quantitative estimate of drug-likeness (QED) is 0.743. The SMILES string of the molecule is Cc1ccccc1-c1nc2ccc(C3(N)CC3)cc2[nH]1. The number of fused-ring (bicyclic) bond motifs is 1. The third kappa shape index (κ3) is 1.74. The van der Waals surface area contributed by atoms with E-state index in [1.54, 1.807) is 0 Å². The van der Waals surface area contributed by atoms with Crippen molar-refractivity contribution in [2.45, 2.75) is 25.3 Å². The molecular formula is C17H17N3. The first-order chi connectivity index (χ1) is 9.66. The number of imidazole rings is 1. The van der Waals surface area contributed by atoms with Gasteiger partial charge >= 0.3 is 0 Å². The molecule has 3 N–H and O–H groups in total. The second kappa shape index (κ2) is 3.93. The van der Waals surface area contributed by atoms with Crippen LogP contribution in [0.5, 0.6) is 0 Å². The predicted molar refractivity (Wildman–Crippen MR) is 81.4 cm³/mol. The molecule has 0 amide bonds. The smallest absolute Gasteiger partial charge is 0.138 e. The summed E-state index contributed by atoms with van der Waals surface area (Å²) in [5.41, 5.74) is 11.8. The Morgan fingerprint density at radius 3 is 2.70 bits per heavy atom. The highest BCUT2D eigenvalue weighted by Crippen LogP contribution is 2.43. The Bertz CT molecular complexity index is 797. The fraction of sp³-hybridized carbons (Fsp3) is 0.235. The first kappa shape index (κ1) is 11.7. The first-order valence-electron chi connectivity index (χ1n) is 7.01. The fourth-order valence-electron chi connectivity index (χ4n) is 2.71. The van der Waals surface area contributed by atoms with Crippen LogP contribution in [-0.2, 0) is 5.54 Å². The molecule has 2 aromatic carbocycles. The Morgan fingerprint density at radius 1 is 1.15 bits per heavy atom. The zero-order valence-electron chi connectivity index (χ0n) is 11.5. The zero-order valence-corrected chi connectivity index (χ0v) is 11.5. The molecule has 0 atom stereocenters. The molecule has 1 heterocycles. The summed E-state index contributed by atoms with van der Waals surface area (Å²) in [5, 5.41) is 0. The molecule has 0 aliphatic heterocycles. The lowest BCUT2D eigenvalue weighted by molar-refractivity contribution is 0.741. The van der Waals surface area contributed by atoms with Crippen LogP contribution in [0.1, 0.15) is 24.0 Å². The van der Waals surface area contributed by atoms with Gasteiger partial charge in [0.25, 0.3) is 0 Å². The molecule has 3 nitrogen and oxygen atoms in total. The highest BCUT2D eigenvalue weighted by Gasteiger charge is 2.40. The minimum absolute atomic E-state index is 0.0951. The topological polar surface area (TPSA) is 54.7 Å². The largest absolute Gasteiger partial charge is 0.338 e. The number of aryl methyl sites for hydroxylation is 1. The van der Waals surface area contributed by atoms with Crippen LogP contribution in [0.3, 0.4) is 0 Å². The highest BCUT2D eigenvalue weighted by atomic mass is 14.9. The van der Waals surface area contributed by atoms with E-state index in [0.29, 0.717) is 0 Å². The fourth-order valence-corrected chi connectivity index (χ4v) is 2.71. The summed E-state index contributed by atoms with van der Waals surface area (Å²) >= 11 is 0. The Kier molecular flexibility index (Phi) is 2.30. The number of nitrogens with one attached hydrogen (secondary N) is 1. The summed E-state index contributed by atoms with van der Waals surface area (Å²) in [7, 11) is 0. The van der Waals surface area contributed by atoms with E-state index >= 15 is 0 Å². The van der Waals surface area contributed by atoms with E-state index in [-0.39, 0.29) is 5.54 Å². The maximum atomic E-state index is 6.27. The van der Waals surface area contributed by atoms with E-state index < -0.39 is 0 Å². The van der Waals surface area contributed by atoms with Crippen molar-refractivity contribution in [1.82, 2.24) is 9.97 Å². The van der Waals surface area contributed by atoms with E-state index in [0.717, 1.165) is 35.3 Å². The van der Waals surface area contributed by atoms with Crippen molar-refractivity contribution in [3.8, 4) is 11.4 Å². The maximum Gasteiger partial charge on any atom is 0.138 e. The lowest BCUT2D eigenvalue weighted by Gasteiger charge is -2.07. The molecule has 20 heavy (non-hydrogen) atoms. The Morgan fingerprint density at radius 2 is 1.95 bits per heavy atom. The molecule has 4 rings (SSSR count). The van der Waals surface area contributed by atoms with Crippen LogP contribution in [0, 0.1) is 6.92 Å². The molecule has 0 radical (unpaired) electrons. The summed E-state index contributed by atoms with van der Waals surface area (Å²) in [6, 6.07) is 14.6. The second-order valence-electron chi connectivity index (χ2n) is 5.79. The number of benzene rings is 2. The monoisotopic (exact) mass is 263 g/mol. The van der Waals surface area contributed by atoms with Gasteiger partial charge in [0.05, 0.1) is 11.0 Å². The van der Waals surface area contributed by atoms with Crippen LogP contribution in [0.4, 0.5) is 0 Å². The summed E-state index contributed by atoms with van der Waals surface area (Å²) in [4.78, 5) is 8.12. The van der Waals surface area contributed by atoms with Crippen LogP contribution in [0.25, 0.3) is 22.4 Å². The second-order valence-corrected chi connectivity index (χ2v) is 5.79. The molecule has 3 heteroatoms.